The Hall–Kier alpha value is -3.64. The third-order valence-corrected chi connectivity index (χ3v) is 4.32. The number of para-hydroxylation sites is 1. The molecule has 0 saturated heterocycles. The first-order valence-corrected chi connectivity index (χ1v) is 9.13. The van der Waals surface area contributed by atoms with Gasteiger partial charge in [-0.1, -0.05) is 53.2 Å². The van der Waals surface area contributed by atoms with E-state index in [1.807, 2.05) is 48.5 Å². The lowest BCUT2D eigenvalue weighted by Crippen LogP contribution is -2.05. The van der Waals surface area contributed by atoms with Crippen LogP contribution < -0.4 is 4.74 Å². The maximum Gasteiger partial charge on any atom is 0.340 e. The smallest absolute Gasteiger partial charge is 0.340 e. The Morgan fingerprint density at radius 2 is 1.79 bits per heavy atom. The van der Waals surface area contributed by atoms with Crippen LogP contribution >= 0.6 is 11.6 Å². The highest BCUT2D eigenvalue weighted by atomic mass is 35.5. The zero-order valence-corrected chi connectivity index (χ0v) is 15.9. The number of benzene rings is 2. The van der Waals surface area contributed by atoms with Crippen molar-refractivity contribution in [1.82, 2.24) is 10.1 Å². The molecule has 0 fully saturated rings. The van der Waals surface area contributed by atoms with Crippen molar-refractivity contribution in [2.24, 2.45) is 0 Å². The van der Waals surface area contributed by atoms with Gasteiger partial charge in [0.1, 0.15) is 11.4 Å². The molecule has 29 heavy (non-hydrogen) atoms. The normalized spacial score (nSPS) is 10.5. The minimum absolute atomic E-state index is 0.0570. The van der Waals surface area contributed by atoms with Crippen molar-refractivity contribution < 1.29 is 18.8 Å². The second-order valence-electron chi connectivity index (χ2n) is 6.03. The largest absolute Gasteiger partial charge is 0.454 e. The molecule has 2 aromatic carbocycles. The number of esters is 1. The minimum atomic E-state index is -0.528. The SMILES string of the molecule is O=C(OCc1cc(-c2ccccc2Cl)no1)c1ccc(Oc2ccccc2)nc1. The van der Waals surface area contributed by atoms with Crippen LogP contribution in [0.4, 0.5) is 0 Å². The number of hydrogen-bond acceptors (Lipinski definition) is 6. The summed E-state index contributed by atoms with van der Waals surface area (Å²) in [4.78, 5) is 16.4. The van der Waals surface area contributed by atoms with E-state index in [0.29, 0.717) is 33.7 Å². The van der Waals surface area contributed by atoms with Crippen molar-refractivity contribution in [1.29, 1.82) is 0 Å². The van der Waals surface area contributed by atoms with E-state index < -0.39 is 5.97 Å². The highest BCUT2D eigenvalue weighted by Crippen LogP contribution is 2.27. The van der Waals surface area contributed by atoms with Crippen molar-refractivity contribution in [3.63, 3.8) is 0 Å². The van der Waals surface area contributed by atoms with Gasteiger partial charge in [-0.25, -0.2) is 9.78 Å². The second-order valence-corrected chi connectivity index (χ2v) is 6.44. The van der Waals surface area contributed by atoms with Crippen LogP contribution in [0.1, 0.15) is 16.1 Å². The number of aromatic nitrogens is 2. The number of pyridine rings is 1. The summed E-state index contributed by atoms with van der Waals surface area (Å²) in [6.07, 6.45) is 1.40. The van der Waals surface area contributed by atoms with Crippen molar-refractivity contribution in [3.05, 3.63) is 95.3 Å². The average molecular weight is 407 g/mol. The zero-order chi connectivity index (χ0) is 20.1. The van der Waals surface area contributed by atoms with Gasteiger partial charge < -0.3 is 14.0 Å². The number of halogens is 1. The van der Waals surface area contributed by atoms with Gasteiger partial charge in [0.25, 0.3) is 0 Å². The van der Waals surface area contributed by atoms with Crippen molar-refractivity contribution in [3.8, 4) is 22.9 Å². The molecule has 0 aliphatic carbocycles. The van der Waals surface area contributed by atoms with Gasteiger partial charge in [0.05, 0.1) is 10.6 Å². The summed E-state index contributed by atoms with van der Waals surface area (Å²) in [7, 11) is 0. The van der Waals surface area contributed by atoms with Gasteiger partial charge in [0.15, 0.2) is 12.4 Å². The summed E-state index contributed by atoms with van der Waals surface area (Å²) in [5.74, 6) is 0.923. The molecule has 0 spiro atoms. The number of rotatable bonds is 6. The predicted octanol–water partition coefficient (Wildman–Crippen LogP) is 5.54. The Kier molecular flexibility index (Phi) is 5.54. The van der Waals surface area contributed by atoms with Gasteiger partial charge in [-0.2, -0.15) is 0 Å². The van der Waals surface area contributed by atoms with Crippen LogP contribution in [-0.4, -0.2) is 16.1 Å². The summed E-state index contributed by atoms with van der Waals surface area (Å²) < 4.78 is 16.1. The Labute approximate surface area is 171 Å². The number of carbonyl (C=O) groups is 1. The zero-order valence-electron chi connectivity index (χ0n) is 15.1. The quantitative estimate of drug-likeness (QED) is 0.391. The molecule has 144 valence electrons. The van der Waals surface area contributed by atoms with Crippen LogP contribution in [0.5, 0.6) is 11.6 Å². The fourth-order valence-electron chi connectivity index (χ4n) is 2.57. The van der Waals surface area contributed by atoms with Crippen molar-refractivity contribution in [2.45, 2.75) is 6.61 Å². The van der Waals surface area contributed by atoms with Gasteiger partial charge in [0.2, 0.25) is 5.88 Å². The lowest BCUT2D eigenvalue weighted by Gasteiger charge is -2.05. The molecule has 4 aromatic rings. The van der Waals surface area contributed by atoms with E-state index >= 15 is 0 Å². The lowest BCUT2D eigenvalue weighted by molar-refractivity contribution is 0.0437. The highest BCUT2D eigenvalue weighted by molar-refractivity contribution is 6.33. The second kappa shape index (κ2) is 8.58. The predicted molar refractivity (Wildman–Crippen MR) is 107 cm³/mol. The molecular weight excluding hydrogens is 392 g/mol. The highest BCUT2D eigenvalue weighted by Gasteiger charge is 2.13. The summed E-state index contributed by atoms with van der Waals surface area (Å²) in [6, 6.07) is 21.4. The van der Waals surface area contributed by atoms with E-state index in [1.165, 1.54) is 6.20 Å². The Bertz CT molecular complexity index is 1110. The third kappa shape index (κ3) is 4.62. The summed E-state index contributed by atoms with van der Waals surface area (Å²) >= 11 is 6.16. The van der Waals surface area contributed by atoms with Crippen LogP contribution in [-0.2, 0) is 11.3 Å². The first-order valence-electron chi connectivity index (χ1n) is 8.75. The van der Waals surface area contributed by atoms with Crippen molar-refractivity contribution in [2.75, 3.05) is 0 Å². The van der Waals surface area contributed by atoms with E-state index in [1.54, 1.807) is 24.3 Å². The first-order chi connectivity index (χ1) is 14.2. The number of ether oxygens (including phenoxy) is 2. The van der Waals surface area contributed by atoms with Crippen molar-refractivity contribution >= 4 is 17.6 Å². The molecule has 6 nitrogen and oxygen atoms in total. The van der Waals surface area contributed by atoms with E-state index in [2.05, 4.69) is 10.1 Å². The van der Waals surface area contributed by atoms with Crippen LogP contribution in [0.3, 0.4) is 0 Å². The van der Waals surface area contributed by atoms with Crippen LogP contribution in [0, 0.1) is 0 Å². The molecule has 0 atom stereocenters. The maximum absolute atomic E-state index is 12.2. The molecule has 0 saturated carbocycles. The standard InChI is InChI=1S/C22H15ClN2O4/c23-19-9-5-4-8-18(19)20-12-17(29-25-20)14-27-22(26)15-10-11-21(24-13-15)28-16-6-2-1-3-7-16/h1-13H,14H2. The van der Waals surface area contributed by atoms with E-state index in [-0.39, 0.29) is 6.61 Å². The van der Waals surface area contributed by atoms with E-state index in [0.717, 1.165) is 5.56 Å². The van der Waals surface area contributed by atoms with Gasteiger partial charge in [-0.3, -0.25) is 0 Å². The molecule has 0 bridgehead atoms. The average Bonchev–Trinajstić information content (AvgIpc) is 3.22. The minimum Gasteiger partial charge on any atom is -0.454 e. The number of hydrogen-bond donors (Lipinski definition) is 0. The fourth-order valence-corrected chi connectivity index (χ4v) is 2.80. The third-order valence-electron chi connectivity index (χ3n) is 3.99. The van der Waals surface area contributed by atoms with Gasteiger partial charge in [-0.15, -0.1) is 0 Å². The summed E-state index contributed by atoms with van der Waals surface area (Å²) in [6.45, 7) is -0.0570. The first kappa shape index (κ1) is 18.7. The van der Waals surface area contributed by atoms with Gasteiger partial charge in [0, 0.05) is 23.9 Å². The molecule has 0 aliphatic heterocycles. The molecule has 7 heteroatoms. The van der Waals surface area contributed by atoms with Gasteiger partial charge in [-0.05, 0) is 24.3 Å². The maximum atomic E-state index is 12.2. The molecular formula is C22H15ClN2O4. The molecule has 2 heterocycles. The molecule has 0 unspecified atom stereocenters. The Morgan fingerprint density at radius 3 is 2.55 bits per heavy atom. The topological polar surface area (TPSA) is 74.5 Å². The molecule has 4 rings (SSSR count). The molecule has 0 radical (unpaired) electrons. The molecule has 0 amide bonds. The van der Waals surface area contributed by atoms with E-state index in [4.69, 9.17) is 25.6 Å². The van der Waals surface area contributed by atoms with Crippen LogP contribution in [0.15, 0.2) is 83.5 Å². The van der Waals surface area contributed by atoms with Crippen LogP contribution in [0.25, 0.3) is 11.3 Å². The number of nitrogens with zero attached hydrogens (tertiary/aromatic N) is 2. The summed E-state index contributed by atoms with van der Waals surface area (Å²) in [5, 5.41) is 4.53. The van der Waals surface area contributed by atoms with E-state index in [9.17, 15) is 4.79 Å². The monoisotopic (exact) mass is 406 g/mol. The Balaban J connectivity index is 1.36. The van der Waals surface area contributed by atoms with Gasteiger partial charge >= 0.3 is 5.97 Å². The lowest BCUT2D eigenvalue weighted by atomic mass is 10.1. The molecule has 0 aliphatic rings. The summed E-state index contributed by atoms with van der Waals surface area (Å²) in [5.41, 5.74) is 1.62. The molecule has 0 N–H and O–H groups in total. The van der Waals surface area contributed by atoms with Crippen LogP contribution in [0.2, 0.25) is 5.02 Å². The Morgan fingerprint density at radius 1 is 1.00 bits per heavy atom. The molecule has 2 aromatic heterocycles. The fraction of sp³-hybridized carbons (Fsp3) is 0.0455. The number of carbonyl (C=O) groups excluding carboxylic acids is 1.